The summed E-state index contributed by atoms with van der Waals surface area (Å²) in [6.45, 7) is 4.86. The Hall–Kier alpha value is -5.64. The number of benzene rings is 4. The van der Waals surface area contributed by atoms with E-state index in [0.717, 1.165) is 16.7 Å². The Kier molecular flexibility index (Phi) is 10.5. The molecule has 0 radical (unpaired) electrons. The Morgan fingerprint density at radius 1 is 0.851 bits per heavy atom. The third-order valence-corrected chi connectivity index (χ3v) is 8.12. The second-order valence-electron chi connectivity index (χ2n) is 11.3. The van der Waals surface area contributed by atoms with Crippen LogP contribution in [0, 0.1) is 6.92 Å². The molecule has 0 saturated heterocycles. The number of carbonyl (C=O) groups is 2. The van der Waals surface area contributed by atoms with Crippen LogP contribution in [0.15, 0.2) is 106 Å². The number of fused-ring (bicyclic) bond motifs is 1. The van der Waals surface area contributed by atoms with Crippen molar-refractivity contribution >= 4 is 28.9 Å². The SMILES string of the molecule is CCN(Cc1ccccc1)C(=O)[C@H](Cc1ccc(OC)cc1)Nc1nc2ccc(CN(Cc3ccccc3)C(=O)O)c(C)c2c(=O)o1. The monoisotopic (exact) mass is 634 g/mol. The maximum atomic E-state index is 14.0. The second-order valence-corrected chi connectivity index (χ2v) is 11.3. The molecular weight excluding hydrogens is 596 g/mol. The predicted molar refractivity (Wildman–Crippen MR) is 180 cm³/mol. The van der Waals surface area contributed by atoms with Crippen molar-refractivity contribution in [3.8, 4) is 5.75 Å². The number of carbonyl (C=O) groups excluding carboxylic acids is 1. The van der Waals surface area contributed by atoms with Crippen molar-refractivity contribution in [2.24, 2.45) is 0 Å². The van der Waals surface area contributed by atoms with Crippen molar-refractivity contribution < 1.29 is 23.8 Å². The van der Waals surface area contributed by atoms with Crippen LogP contribution in [0.4, 0.5) is 10.8 Å². The highest BCUT2D eigenvalue weighted by Crippen LogP contribution is 2.23. The molecule has 1 atom stereocenters. The molecule has 0 aliphatic carbocycles. The number of hydrogen-bond acceptors (Lipinski definition) is 7. The number of likely N-dealkylation sites (N-methyl/N-ethyl adjacent to an activating group) is 1. The molecule has 5 aromatic rings. The van der Waals surface area contributed by atoms with E-state index in [0.29, 0.717) is 41.9 Å². The lowest BCUT2D eigenvalue weighted by molar-refractivity contribution is -0.132. The maximum Gasteiger partial charge on any atom is 0.407 e. The summed E-state index contributed by atoms with van der Waals surface area (Å²) in [6, 6.07) is 29.1. The summed E-state index contributed by atoms with van der Waals surface area (Å²) in [4.78, 5) is 47.1. The summed E-state index contributed by atoms with van der Waals surface area (Å²) in [5.74, 6) is 0.530. The van der Waals surface area contributed by atoms with Crippen LogP contribution in [0.3, 0.4) is 0 Å². The number of nitrogens with one attached hydrogen (secondary N) is 1. The number of methoxy groups -OCH3 is 1. The van der Waals surface area contributed by atoms with Gasteiger partial charge in [-0.2, -0.15) is 4.98 Å². The quantitative estimate of drug-likeness (QED) is 0.156. The fourth-order valence-corrected chi connectivity index (χ4v) is 5.51. The molecule has 47 heavy (non-hydrogen) atoms. The van der Waals surface area contributed by atoms with Crippen LogP contribution in [0.5, 0.6) is 5.75 Å². The van der Waals surface area contributed by atoms with E-state index in [4.69, 9.17) is 9.15 Å². The number of ether oxygens (including phenoxy) is 1. The first-order valence-electron chi connectivity index (χ1n) is 15.4. The van der Waals surface area contributed by atoms with Gasteiger partial charge in [0.1, 0.15) is 11.8 Å². The van der Waals surface area contributed by atoms with Gasteiger partial charge in [0.15, 0.2) is 0 Å². The highest BCUT2D eigenvalue weighted by molar-refractivity contribution is 5.86. The van der Waals surface area contributed by atoms with E-state index in [1.165, 1.54) is 4.90 Å². The summed E-state index contributed by atoms with van der Waals surface area (Å²) in [6.07, 6.45) is -0.763. The first-order chi connectivity index (χ1) is 22.7. The zero-order chi connectivity index (χ0) is 33.3. The minimum Gasteiger partial charge on any atom is -0.497 e. The molecule has 2 amide bonds. The van der Waals surface area contributed by atoms with Crippen molar-refractivity contribution in [3.63, 3.8) is 0 Å². The van der Waals surface area contributed by atoms with Gasteiger partial charge in [-0.15, -0.1) is 0 Å². The lowest BCUT2D eigenvalue weighted by atomic mass is 10.0. The smallest absolute Gasteiger partial charge is 0.407 e. The van der Waals surface area contributed by atoms with Crippen molar-refractivity contribution in [2.75, 3.05) is 19.0 Å². The van der Waals surface area contributed by atoms with Crippen LogP contribution in [0.2, 0.25) is 0 Å². The Balaban J connectivity index is 1.43. The zero-order valence-corrected chi connectivity index (χ0v) is 26.7. The van der Waals surface area contributed by atoms with Gasteiger partial charge in [0, 0.05) is 32.6 Å². The molecule has 1 heterocycles. The van der Waals surface area contributed by atoms with Crippen molar-refractivity contribution in [1.82, 2.24) is 14.8 Å². The minimum atomic E-state index is -1.07. The lowest BCUT2D eigenvalue weighted by Crippen LogP contribution is -2.44. The van der Waals surface area contributed by atoms with E-state index < -0.39 is 17.8 Å². The van der Waals surface area contributed by atoms with Crippen molar-refractivity contribution in [1.29, 1.82) is 0 Å². The molecule has 10 heteroatoms. The molecule has 5 rings (SSSR count). The van der Waals surface area contributed by atoms with E-state index in [1.54, 1.807) is 31.1 Å². The van der Waals surface area contributed by atoms with Gasteiger partial charge >= 0.3 is 11.7 Å². The van der Waals surface area contributed by atoms with E-state index in [1.807, 2.05) is 91.9 Å². The first-order valence-corrected chi connectivity index (χ1v) is 15.4. The highest BCUT2D eigenvalue weighted by atomic mass is 16.5. The summed E-state index contributed by atoms with van der Waals surface area (Å²) in [5, 5.41) is 13.3. The molecule has 2 N–H and O–H groups in total. The number of hydrogen-bond donors (Lipinski definition) is 2. The summed E-state index contributed by atoms with van der Waals surface area (Å²) < 4.78 is 11.0. The predicted octanol–water partition coefficient (Wildman–Crippen LogP) is 6.26. The van der Waals surface area contributed by atoms with Gasteiger partial charge in [-0.25, -0.2) is 9.59 Å². The fraction of sp³-hybridized carbons (Fsp3) is 0.243. The Morgan fingerprint density at radius 2 is 1.47 bits per heavy atom. The number of carboxylic acid groups (broad SMARTS) is 1. The van der Waals surface area contributed by atoms with E-state index in [2.05, 4.69) is 10.3 Å². The summed E-state index contributed by atoms with van der Waals surface area (Å²) in [5.41, 5.74) is 3.73. The highest BCUT2D eigenvalue weighted by Gasteiger charge is 2.26. The number of nitrogens with zero attached hydrogens (tertiary/aromatic N) is 3. The van der Waals surface area contributed by atoms with Gasteiger partial charge in [0.25, 0.3) is 6.01 Å². The van der Waals surface area contributed by atoms with Crippen LogP contribution in [0.25, 0.3) is 10.9 Å². The Morgan fingerprint density at radius 3 is 2.04 bits per heavy atom. The van der Waals surface area contributed by atoms with Gasteiger partial charge in [-0.05, 0) is 59.9 Å². The Labute approximate surface area is 273 Å². The molecule has 242 valence electrons. The normalized spacial score (nSPS) is 11.6. The third-order valence-electron chi connectivity index (χ3n) is 8.12. The molecule has 0 unspecified atom stereocenters. The van der Waals surface area contributed by atoms with E-state index >= 15 is 0 Å². The van der Waals surface area contributed by atoms with Crippen LogP contribution in [0.1, 0.15) is 34.7 Å². The topological polar surface area (TPSA) is 125 Å². The Bertz CT molecular complexity index is 1880. The van der Waals surface area contributed by atoms with Gasteiger partial charge in [-0.1, -0.05) is 78.9 Å². The molecule has 1 aromatic heterocycles. The molecule has 0 bridgehead atoms. The van der Waals surface area contributed by atoms with Crippen LogP contribution in [-0.2, 0) is 30.8 Å². The van der Waals surface area contributed by atoms with Crippen LogP contribution < -0.4 is 15.7 Å². The molecule has 0 fully saturated rings. The summed E-state index contributed by atoms with van der Waals surface area (Å²) in [7, 11) is 1.59. The van der Waals surface area contributed by atoms with Crippen molar-refractivity contribution in [2.45, 2.75) is 45.9 Å². The lowest BCUT2D eigenvalue weighted by Gasteiger charge is -2.27. The molecule has 0 saturated carbocycles. The fourth-order valence-electron chi connectivity index (χ4n) is 5.51. The van der Waals surface area contributed by atoms with Gasteiger partial charge < -0.3 is 24.5 Å². The van der Waals surface area contributed by atoms with Gasteiger partial charge in [-0.3, -0.25) is 9.69 Å². The van der Waals surface area contributed by atoms with E-state index in [-0.39, 0.29) is 30.4 Å². The zero-order valence-electron chi connectivity index (χ0n) is 26.7. The second kappa shape index (κ2) is 15.1. The number of aromatic nitrogens is 1. The molecule has 0 spiro atoms. The van der Waals surface area contributed by atoms with Crippen LogP contribution >= 0.6 is 0 Å². The molecule has 4 aromatic carbocycles. The first kappa shape index (κ1) is 32.7. The van der Waals surface area contributed by atoms with Gasteiger partial charge in [0.05, 0.1) is 18.0 Å². The molecule has 0 aliphatic heterocycles. The number of anilines is 1. The number of amides is 2. The van der Waals surface area contributed by atoms with Gasteiger partial charge in [0.2, 0.25) is 5.91 Å². The number of aryl methyl sites for hydroxylation is 1. The molecule has 10 nitrogen and oxygen atoms in total. The molecule has 0 aliphatic rings. The minimum absolute atomic E-state index is 0.0754. The van der Waals surface area contributed by atoms with Crippen molar-refractivity contribution in [3.05, 3.63) is 135 Å². The largest absolute Gasteiger partial charge is 0.497 e. The van der Waals surface area contributed by atoms with E-state index in [9.17, 15) is 19.5 Å². The summed E-state index contributed by atoms with van der Waals surface area (Å²) >= 11 is 0. The standard InChI is InChI=1S/C37H38N4O6/c1-4-40(22-27-11-7-5-8-12-27)34(42)32(21-26-15-18-30(46-3)19-16-26)39-36-38-31-20-17-29(25(2)33(31)35(43)47-36)24-41(37(44)45)23-28-13-9-6-10-14-28/h5-20,32H,4,21-24H2,1-3H3,(H,38,39)(H,44,45)/t32-/m0/s1. The molecular formula is C37H38N4O6. The van der Waals surface area contributed by atoms with Crippen LogP contribution in [-0.4, -0.2) is 51.6 Å². The average Bonchev–Trinajstić information content (AvgIpc) is 3.08. The third kappa shape index (κ3) is 8.15. The maximum absolute atomic E-state index is 14.0. The number of rotatable bonds is 13. The average molecular weight is 635 g/mol.